The average molecular weight is 748 g/mol. The van der Waals surface area contributed by atoms with E-state index < -0.39 is 6.10 Å². The molecule has 1 saturated heterocycles. The van der Waals surface area contributed by atoms with Crippen molar-refractivity contribution in [3.8, 4) is 23.0 Å². The molecule has 12 nitrogen and oxygen atoms in total. The van der Waals surface area contributed by atoms with Crippen molar-refractivity contribution in [2.24, 2.45) is 0 Å². The Balaban J connectivity index is 1.11. The lowest BCUT2D eigenvalue weighted by Gasteiger charge is -2.40. The van der Waals surface area contributed by atoms with E-state index in [2.05, 4.69) is 63.7 Å². The molecule has 55 heavy (non-hydrogen) atoms. The van der Waals surface area contributed by atoms with Crippen LogP contribution in [0.15, 0.2) is 109 Å². The van der Waals surface area contributed by atoms with E-state index in [9.17, 15) is 14.7 Å². The maximum Gasteiger partial charge on any atom is 0.236 e. The molecule has 1 aromatic heterocycles. The van der Waals surface area contributed by atoms with E-state index in [1.807, 2.05) is 47.4 Å². The Morgan fingerprint density at radius 3 is 2.05 bits per heavy atom. The molecule has 288 valence electrons. The van der Waals surface area contributed by atoms with Gasteiger partial charge >= 0.3 is 0 Å². The van der Waals surface area contributed by atoms with Gasteiger partial charge in [0.1, 0.15) is 18.5 Å². The van der Waals surface area contributed by atoms with E-state index in [0.29, 0.717) is 49.2 Å². The Hall–Kier alpha value is -5.69. The minimum absolute atomic E-state index is 0.0369. The molecule has 2 amide bonds. The quantitative estimate of drug-likeness (QED) is 0.140. The van der Waals surface area contributed by atoms with E-state index in [0.717, 1.165) is 16.5 Å². The number of piperazine rings is 1. The minimum atomic E-state index is -0.989. The molecule has 2 heterocycles. The topological polar surface area (TPSA) is 126 Å². The van der Waals surface area contributed by atoms with E-state index >= 15 is 0 Å². The smallest absolute Gasteiger partial charge is 0.236 e. The second kappa shape index (κ2) is 19.1. The fourth-order valence-electron chi connectivity index (χ4n) is 7.03. The Morgan fingerprint density at radius 1 is 0.782 bits per heavy atom. The van der Waals surface area contributed by atoms with Crippen molar-refractivity contribution in [2.45, 2.75) is 18.7 Å². The van der Waals surface area contributed by atoms with Crippen LogP contribution in [-0.4, -0.2) is 116 Å². The number of pyridine rings is 1. The molecule has 12 heteroatoms. The predicted molar refractivity (Wildman–Crippen MR) is 211 cm³/mol. The summed E-state index contributed by atoms with van der Waals surface area (Å²) >= 11 is 0. The number of hydrogen-bond acceptors (Lipinski definition) is 10. The van der Waals surface area contributed by atoms with E-state index in [4.69, 9.17) is 18.9 Å². The average Bonchev–Trinajstić information content (AvgIpc) is 3.22. The van der Waals surface area contributed by atoms with Crippen LogP contribution in [-0.2, 0) is 16.1 Å². The van der Waals surface area contributed by atoms with Crippen molar-refractivity contribution >= 4 is 22.7 Å². The normalized spacial score (nSPS) is 13.8. The summed E-state index contributed by atoms with van der Waals surface area (Å²) in [7, 11) is 4.60. The first-order valence-electron chi connectivity index (χ1n) is 18.4. The molecular formula is C43H49N5O7. The summed E-state index contributed by atoms with van der Waals surface area (Å²) in [4.78, 5) is 37.6. The van der Waals surface area contributed by atoms with Crippen LogP contribution in [0.1, 0.15) is 22.7 Å². The maximum atomic E-state index is 13.9. The molecule has 1 aliphatic rings. The number of amides is 2. The largest absolute Gasteiger partial charge is 0.493 e. The van der Waals surface area contributed by atoms with Gasteiger partial charge in [-0.3, -0.25) is 24.4 Å². The summed E-state index contributed by atoms with van der Waals surface area (Å²) in [6, 6.07) is 33.8. The van der Waals surface area contributed by atoms with Crippen LogP contribution in [0, 0.1) is 0 Å². The molecule has 6 rings (SSSR count). The molecule has 0 spiro atoms. The lowest BCUT2D eigenvalue weighted by molar-refractivity contribution is -0.135. The first-order valence-corrected chi connectivity index (χ1v) is 18.4. The van der Waals surface area contributed by atoms with Crippen LogP contribution in [0.4, 0.5) is 0 Å². The van der Waals surface area contributed by atoms with Crippen molar-refractivity contribution in [1.29, 1.82) is 0 Å². The Morgan fingerprint density at radius 2 is 1.44 bits per heavy atom. The van der Waals surface area contributed by atoms with Crippen molar-refractivity contribution < 1.29 is 33.6 Å². The van der Waals surface area contributed by atoms with Gasteiger partial charge in [0.05, 0.1) is 46.0 Å². The highest BCUT2D eigenvalue weighted by molar-refractivity contribution is 5.85. The summed E-state index contributed by atoms with van der Waals surface area (Å²) in [5.41, 5.74) is 3.93. The highest BCUT2D eigenvalue weighted by Gasteiger charge is 2.29. The van der Waals surface area contributed by atoms with Crippen LogP contribution in [0.3, 0.4) is 0 Å². The van der Waals surface area contributed by atoms with Crippen LogP contribution < -0.4 is 24.3 Å². The van der Waals surface area contributed by atoms with Gasteiger partial charge in [0, 0.05) is 50.9 Å². The summed E-state index contributed by atoms with van der Waals surface area (Å²) < 4.78 is 22.4. The Bertz CT molecular complexity index is 1940. The number of nitrogens with one attached hydrogen (secondary N) is 1. The molecule has 0 bridgehead atoms. The number of fused-ring (bicyclic) bond motifs is 1. The number of ether oxygens (including phenoxy) is 4. The minimum Gasteiger partial charge on any atom is -0.493 e. The fraction of sp³-hybridized carbons (Fsp3) is 0.326. The lowest BCUT2D eigenvalue weighted by atomic mass is 9.96. The third kappa shape index (κ3) is 10.1. The van der Waals surface area contributed by atoms with Crippen molar-refractivity contribution in [1.82, 2.24) is 25.0 Å². The first-order chi connectivity index (χ1) is 26.9. The molecule has 1 atom stereocenters. The van der Waals surface area contributed by atoms with E-state index in [-0.39, 0.29) is 50.6 Å². The van der Waals surface area contributed by atoms with Crippen molar-refractivity contribution in [3.05, 3.63) is 126 Å². The molecule has 0 saturated carbocycles. The SMILES string of the molecule is COc1cc(CNC(=O)CN(CC(=O)N2CCN(C(c3ccccc3)c3ccccc3)CC2)C[C@@H](O)COc2cccc3ncccc23)cc(OC)c1OC. The molecular weight excluding hydrogens is 699 g/mol. The summed E-state index contributed by atoms with van der Waals surface area (Å²) in [5, 5.41) is 15.0. The van der Waals surface area contributed by atoms with Gasteiger partial charge in [-0.25, -0.2) is 0 Å². The van der Waals surface area contributed by atoms with Gasteiger partial charge in [0.25, 0.3) is 0 Å². The Kier molecular flexibility index (Phi) is 13.5. The second-order valence-corrected chi connectivity index (χ2v) is 13.4. The second-order valence-electron chi connectivity index (χ2n) is 13.4. The number of carbonyl (C=O) groups excluding carboxylic acids is 2. The monoisotopic (exact) mass is 747 g/mol. The van der Waals surface area contributed by atoms with Gasteiger partial charge < -0.3 is 34.3 Å². The first kappa shape index (κ1) is 39.0. The van der Waals surface area contributed by atoms with Gasteiger partial charge in [-0.2, -0.15) is 0 Å². The number of carbonyl (C=O) groups is 2. The number of hydrogen-bond donors (Lipinski definition) is 2. The third-order valence-electron chi connectivity index (χ3n) is 9.71. The third-order valence-corrected chi connectivity index (χ3v) is 9.71. The van der Waals surface area contributed by atoms with Gasteiger partial charge in [-0.05, 0) is 53.1 Å². The zero-order chi connectivity index (χ0) is 38.6. The number of nitrogens with zero attached hydrogens (tertiary/aromatic N) is 4. The standard InChI is InChI=1S/C43H49N5O7/c1-52-38-24-31(25-39(53-2)43(38)54-3)26-45-40(50)28-46(27-34(49)30-55-37-18-10-17-36-35(37)16-11-19-44-36)29-41(51)47-20-22-48(23-21-47)42(32-12-6-4-7-13-32)33-14-8-5-9-15-33/h4-19,24-25,34,42,49H,20-23,26-30H2,1-3H3,(H,45,50)/t34-/m1/s1. The molecule has 0 radical (unpaired) electrons. The molecule has 1 fully saturated rings. The number of rotatable bonds is 17. The number of aromatic nitrogens is 1. The van der Waals surface area contributed by atoms with Crippen molar-refractivity contribution in [2.75, 3.05) is 73.7 Å². The number of aliphatic hydroxyl groups excluding tert-OH is 1. The van der Waals surface area contributed by atoms with E-state index in [1.54, 1.807) is 23.2 Å². The lowest BCUT2D eigenvalue weighted by Crippen LogP contribution is -2.53. The van der Waals surface area contributed by atoms with Crippen LogP contribution in [0.25, 0.3) is 10.9 Å². The van der Waals surface area contributed by atoms with Crippen LogP contribution >= 0.6 is 0 Å². The number of benzene rings is 4. The number of methoxy groups -OCH3 is 3. The predicted octanol–water partition coefficient (Wildman–Crippen LogP) is 4.55. The summed E-state index contributed by atoms with van der Waals surface area (Å²) in [6.45, 7) is 2.47. The molecule has 2 N–H and O–H groups in total. The molecule has 4 aromatic carbocycles. The van der Waals surface area contributed by atoms with Gasteiger partial charge in [-0.15, -0.1) is 0 Å². The Labute approximate surface area is 322 Å². The van der Waals surface area contributed by atoms with Crippen LogP contribution in [0.5, 0.6) is 23.0 Å². The van der Waals surface area contributed by atoms with Gasteiger partial charge in [0.2, 0.25) is 17.6 Å². The number of aliphatic hydroxyl groups is 1. The highest BCUT2D eigenvalue weighted by atomic mass is 16.5. The van der Waals surface area contributed by atoms with Gasteiger partial charge in [0.15, 0.2) is 11.5 Å². The van der Waals surface area contributed by atoms with E-state index in [1.165, 1.54) is 32.5 Å². The summed E-state index contributed by atoms with van der Waals surface area (Å²) in [6.07, 6.45) is 0.727. The molecule has 1 aliphatic heterocycles. The highest BCUT2D eigenvalue weighted by Crippen LogP contribution is 2.38. The molecule has 0 unspecified atom stereocenters. The summed E-state index contributed by atoms with van der Waals surface area (Å²) in [5.74, 6) is 1.58. The maximum absolute atomic E-state index is 13.9. The molecule has 0 aliphatic carbocycles. The zero-order valence-electron chi connectivity index (χ0n) is 31.6. The van der Waals surface area contributed by atoms with Crippen molar-refractivity contribution in [3.63, 3.8) is 0 Å². The zero-order valence-corrected chi connectivity index (χ0v) is 31.6. The fourth-order valence-corrected chi connectivity index (χ4v) is 7.03. The van der Waals surface area contributed by atoms with Crippen LogP contribution in [0.2, 0.25) is 0 Å². The van der Waals surface area contributed by atoms with Gasteiger partial charge in [-0.1, -0.05) is 66.7 Å². The molecule has 5 aromatic rings.